The first-order valence-corrected chi connectivity index (χ1v) is 6.71. The Kier molecular flexibility index (Phi) is 3.82. The van der Waals surface area contributed by atoms with Gasteiger partial charge in [-0.25, -0.2) is 0 Å². The van der Waals surface area contributed by atoms with E-state index in [1.54, 1.807) is 18.5 Å². The number of rotatable bonds is 3. The van der Waals surface area contributed by atoms with Crippen molar-refractivity contribution in [3.63, 3.8) is 0 Å². The molecule has 1 heterocycles. The lowest BCUT2D eigenvalue weighted by Gasteiger charge is -2.11. The molecule has 3 aromatic rings. The Balaban J connectivity index is 2.12. The van der Waals surface area contributed by atoms with Gasteiger partial charge in [-0.2, -0.15) is 0 Å². The maximum absolute atomic E-state index is 9.68. The number of nitrogens with zero attached hydrogens (tertiary/aromatic N) is 1. The van der Waals surface area contributed by atoms with Crippen LogP contribution in [0.3, 0.4) is 0 Å². The summed E-state index contributed by atoms with van der Waals surface area (Å²) in [7, 11) is -1.52. The van der Waals surface area contributed by atoms with Gasteiger partial charge < -0.3 is 10.0 Å². The molecule has 3 rings (SSSR count). The summed E-state index contributed by atoms with van der Waals surface area (Å²) in [5.41, 5.74) is 4.11. The molecule has 0 radical (unpaired) electrons. The average Bonchev–Trinajstić information content (AvgIpc) is 2.56. The molecule has 2 aromatic carbocycles. The largest absolute Gasteiger partial charge is 0.489 e. The van der Waals surface area contributed by atoms with E-state index in [4.69, 9.17) is 0 Å². The van der Waals surface area contributed by atoms with Crippen molar-refractivity contribution in [2.24, 2.45) is 0 Å². The van der Waals surface area contributed by atoms with Crippen LogP contribution in [0.4, 0.5) is 0 Å². The van der Waals surface area contributed by atoms with E-state index in [1.807, 2.05) is 54.6 Å². The Hall–Kier alpha value is -2.43. The van der Waals surface area contributed by atoms with Gasteiger partial charge in [0.1, 0.15) is 0 Å². The van der Waals surface area contributed by atoms with Crippen LogP contribution in [0, 0.1) is 0 Å². The van der Waals surface area contributed by atoms with E-state index in [0.29, 0.717) is 5.46 Å². The Labute approximate surface area is 123 Å². The average molecular weight is 275 g/mol. The van der Waals surface area contributed by atoms with Crippen LogP contribution < -0.4 is 5.46 Å². The molecule has 0 aliphatic rings. The lowest BCUT2D eigenvalue weighted by molar-refractivity contribution is 0.426. The Morgan fingerprint density at radius 3 is 2.19 bits per heavy atom. The zero-order valence-electron chi connectivity index (χ0n) is 11.3. The minimum atomic E-state index is -1.52. The molecule has 0 spiro atoms. The van der Waals surface area contributed by atoms with E-state index in [1.165, 1.54) is 0 Å². The van der Waals surface area contributed by atoms with Crippen molar-refractivity contribution in [1.82, 2.24) is 4.98 Å². The van der Waals surface area contributed by atoms with Crippen molar-refractivity contribution >= 4 is 12.6 Å². The van der Waals surface area contributed by atoms with Gasteiger partial charge in [-0.05, 0) is 33.8 Å². The van der Waals surface area contributed by atoms with Gasteiger partial charge in [-0.3, -0.25) is 4.98 Å². The van der Waals surface area contributed by atoms with Crippen LogP contribution in [0.5, 0.6) is 0 Å². The molecule has 0 amide bonds. The van der Waals surface area contributed by atoms with Gasteiger partial charge >= 0.3 is 7.12 Å². The molecule has 4 heteroatoms. The highest BCUT2D eigenvalue weighted by molar-refractivity contribution is 6.60. The first kappa shape index (κ1) is 13.6. The van der Waals surface area contributed by atoms with Crippen LogP contribution in [-0.4, -0.2) is 22.2 Å². The van der Waals surface area contributed by atoms with Gasteiger partial charge in [-0.1, -0.05) is 54.6 Å². The monoisotopic (exact) mass is 275 g/mol. The fourth-order valence-corrected chi connectivity index (χ4v) is 2.37. The van der Waals surface area contributed by atoms with E-state index >= 15 is 0 Å². The Morgan fingerprint density at radius 2 is 1.52 bits per heavy atom. The first-order chi connectivity index (χ1) is 10.3. The lowest BCUT2D eigenvalue weighted by Crippen LogP contribution is -2.31. The summed E-state index contributed by atoms with van der Waals surface area (Å²) >= 11 is 0. The van der Waals surface area contributed by atoms with E-state index < -0.39 is 7.12 Å². The quantitative estimate of drug-likeness (QED) is 0.720. The summed E-state index contributed by atoms with van der Waals surface area (Å²) < 4.78 is 0. The third kappa shape index (κ3) is 2.87. The minimum Gasteiger partial charge on any atom is -0.423 e. The van der Waals surface area contributed by atoms with E-state index in [2.05, 4.69) is 4.98 Å². The summed E-state index contributed by atoms with van der Waals surface area (Å²) in [4.78, 5) is 4.09. The first-order valence-electron chi connectivity index (χ1n) is 6.71. The van der Waals surface area contributed by atoms with Gasteiger partial charge in [0.05, 0.1) is 0 Å². The zero-order valence-corrected chi connectivity index (χ0v) is 11.3. The molecular weight excluding hydrogens is 261 g/mol. The summed E-state index contributed by atoms with van der Waals surface area (Å²) in [6.07, 6.45) is 3.47. The van der Waals surface area contributed by atoms with Crippen molar-refractivity contribution in [3.8, 4) is 22.3 Å². The van der Waals surface area contributed by atoms with Crippen molar-refractivity contribution in [1.29, 1.82) is 0 Å². The molecule has 2 N–H and O–H groups in total. The summed E-state index contributed by atoms with van der Waals surface area (Å²) in [5, 5.41) is 19.4. The van der Waals surface area contributed by atoms with Gasteiger partial charge in [0.2, 0.25) is 0 Å². The molecule has 0 fully saturated rings. The van der Waals surface area contributed by atoms with Crippen molar-refractivity contribution in [3.05, 3.63) is 73.1 Å². The smallest absolute Gasteiger partial charge is 0.423 e. The SMILES string of the molecule is OB(O)c1cc(-c2cccnc2)ccc1-c1ccccc1. The third-order valence-corrected chi connectivity index (χ3v) is 3.41. The number of benzene rings is 2. The predicted octanol–water partition coefficient (Wildman–Crippen LogP) is 2.10. The molecule has 3 nitrogen and oxygen atoms in total. The molecule has 0 unspecified atom stereocenters. The van der Waals surface area contributed by atoms with E-state index in [0.717, 1.165) is 22.3 Å². The molecule has 102 valence electrons. The molecule has 1 aromatic heterocycles. The second kappa shape index (κ2) is 5.91. The topological polar surface area (TPSA) is 53.4 Å². The fraction of sp³-hybridized carbons (Fsp3) is 0. The molecule has 0 bridgehead atoms. The van der Waals surface area contributed by atoms with Crippen molar-refractivity contribution in [2.75, 3.05) is 0 Å². The molecule has 0 aliphatic carbocycles. The number of pyridine rings is 1. The lowest BCUT2D eigenvalue weighted by atomic mass is 9.74. The third-order valence-electron chi connectivity index (χ3n) is 3.41. The Morgan fingerprint density at radius 1 is 0.762 bits per heavy atom. The standard InChI is InChI=1S/C17H14BNO2/c20-18(21)17-11-14(15-7-4-10-19-12-15)8-9-16(17)13-5-2-1-3-6-13/h1-12,20-21H. The van der Waals surface area contributed by atoms with Crippen molar-refractivity contribution in [2.45, 2.75) is 0 Å². The molecule has 0 saturated carbocycles. The van der Waals surface area contributed by atoms with Gasteiger partial charge in [0.25, 0.3) is 0 Å². The summed E-state index contributed by atoms with van der Waals surface area (Å²) in [6.45, 7) is 0. The summed E-state index contributed by atoms with van der Waals surface area (Å²) in [5.74, 6) is 0. The Bertz CT molecular complexity index is 730. The maximum Gasteiger partial charge on any atom is 0.489 e. The number of hydrogen-bond acceptors (Lipinski definition) is 3. The molecule has 0 atom stereocenters. The minimum absolute atomic E-state index is 0.488. The highest BCUT2D eigenvalue weighted by atomic mass is 16.4. The second-order valence-electron chi connectivity index (χ2n) is 4.78. The predicted molar refractivity (Wildman–Crippen MR) is 84.9 cm³/mol. The second-order valence-corrected chi connectivity index (χ2v) is 4.78. The number of hydrogen-bond donors (Lipinski definition) is 2. The van der Waals surface area contributed by atoms with Crippen LogP contribution in [0.15, 0.2) is 73.1 Å². The van der Waals surface area contributed by atoms with Gasteiger partial charge in [0.15, 0.2) is 0 Å². The highest BCUT2D eigenvalue weighted by Crippen LogP contribution is 2.23. The molecule has 0 saturated heterocycles. The van der Waals surface area contributed by atoms with Gasteiger partial charge in [-0.15, -0.1) is 0 Å². The van der Waals surface area contributed by atoms with Crippen LogP contribution in [-0.2, 0) is 0 Å². The van der Waals surface area contributed by atoms with Crippen molar-refractivity contribution < 1.29 is 10.0 Å². The molecular formula is C17H14BNO2. The van der Waals surface area contributed by atoms with Crippen LogP contribution in [0.25, 0.3) is 22.3 Å². The molecule has 0 aliphatic heterocycles. The van der Waals surface area contributed by atoms with E-state index in [9.17, 15) is 10.0 Å². The maximum atomic E-state index is 9.68. The molecule has 21 heavy (non-hydrogen) atoms. The fourth-order valence-electron chi connectivity index (χ4n) is 2.37. The van der Waals surface area contributed by atoms with Crippen LogP contribution >= 0.6 is 0 Å². The highest BCUT2D eigenvalue weighted by Gasteiger charge is 2.18. The van der Waals surface area contributed by atoms with Gasteiger partial charge in [0, 0.05) is 12.4 Å². The zero-order chi connectivity index (χ0) is 14.7. The van der Waals surface area contributed by atoms with E-state index in [-0.39, 0.29) is 0 Å². The normalized spacial score (nSPS) is 10.4. The van der Waals surface area contributed by atoms with Crippen LogP contribution in [0.2, 0.25) is 0 Å². The van der Waals surface area contributed by atoms with Crippen LogP contribution in [0.1, 0.15) is 0 Å². The number of aromatic nitrogens is 1. The summed E-state index contributed by atoms with van der Waals surface area (Å²) in [6, 6.07) is 19.2.